The summed E-state index contributed by atoms with van der Waals surface area (Å²) in [6.07, 6.45) is 3.20. The summed E-state index contributed by atoms with van der Waals surface area (Å²) in [5.41, 5.74) is 1.22. The van der Waals surface area contributed by atoms with Gasteiger partial charge in [0.15, 0.2) is 0 Å². The molecule has 4 heteroatoms. The molecular weight excluding hydrogens is 306 g/mol. The van der Waals surface area contributed by atoms with Gasteiger partial charge in [0.1, 0.15) is 11.6 Å². The molecule has 0 aromatic heterocycles. The number of hydrogen-bond donors (Lipinski definition) is 0. The van der Waals surface area contributed by atoms with Crippen LogP contribution in [0.5, 0.6) is 0 Å². The fourth-order valence-electron chi connectivity index (χ4n) is 1.86. The monoisotopic (exact) mass is 316 g/mol. The Labute approximate surface area is 113 Å². The Morgan fingerprint density at radius 3 is 2.76 bits per heavy atom. The van der Waals surface area contributed by atoms with E-state index in [2.05, 4.69) is 15.9 Å². The van der Waals surface area contributed by atoms with Crippen LogP contribution in [0.4, 0.5) is 4.39 Å². The predicted octanol–water partition coefficient (Wildman–Crippen LogP) is 4.86. The van der Waals surface area contributed by atoms with Crippen molar-refractivity contribution in [2.45, 2.75) is 12.8 Å². The molecule has 0 saturated heterocycles. The second kappa shape index (κ2) is 5.23. The Morgan fingerprint density at radius 1 is 1.35 bits per heavy atom. The lowest BCUT2D eigenvalue weighted by molar-refractivity contribution is 0.279. The summed E-state index contributed by atoms with van der Waals surface area (Å²) < 4.78 is 19.9. The third kappa shape index (κ3) is 2.55. The van der Waals surface area contributed by atoms with Crippen molar-refractivity contribution in [1.29, 1.82) is 0 Å². The molecule has 1 aliphatic carbocycles. The number of methoxy groups -OCH3 is 1. The first kappa shape index (κ1) is 12.7. The van der Waals surface area contributed by atoms with Crippen LogP contribution >= 0.6 is 27.5 Å². The van der Waals surface area contributed by atoms with Gasteiger partial charge >= 0.3 is 0 Å². The molecule has 1 aliphatic rings. The second-order valence-electron chi connectivity index (χ2n) is 3.73. The third-order valence-corrected chi connectivity index (χ3v) is 3.63. The van der Waals surface area contributed by atoms with Crippen LogP contribution in [-0.2, 0) is 4.74 Å². The van der Waals surface area contributed by atoms with E-state index >= 15 is 0 Å². The lowest BCUT2D eigenvalue weighted by atomic mass is 9.97. The molecule has 0 amide bonds. The summed E-state index contributed by atoms with van der Waals surface area (Å²) >= 11 is 9.38. The molecule has 1 aromatic carbocycles. The summed E-state index contributed by atoms with van der Waals surface area (Å²) in [6.45, 7) is 0. The molecule has 1 nitrogen and oxygen atoms in total. The highest BCUT2D eigenvalue weighted by Gasteiger charge is 2.19. The van der Waals surface area contributed by atoms with Gasteiger partial charge in [-0.25, -0.2) is 4.39 Å². The number of halogens is 3. The lowest BCUT2D eigenvalue weighted by Gasteiger charge is -2.18. The maximum absolute atomic E-state index is 13.9. The SMILES string of the molecule is COC1=C(c2c(F)cccc2Br)C=C(Cl)CC1. The van der Waals surface area contributed by atoms with Gasteiger partial charge in [0, 0.05) is 27.1 Å². The first-order valence-corrected chi connectivity index (χ1v) is 6.38. The number of rotatable bonds is 2. The van der Waals surface area contributed by atoms with Crippen molar-refractivity contribution < 1.29 is 9.13 Å². The molecule has 0 fully saturated rings. The maximum atomic E-state index is 13.9. The van der Waals surface area contributed by atoms with Crippen molar-refractivity contribution in [2.75, 3.05) is 7.11 Å². The lowest BCUT2D eigenvalue weighted by Crippen LogP contribution is -2.01. The van der Waals surface area contributed by atoms with Crippen molar-refractivity contribution >= 4 is 33.1 Å². The van der Waals surface area contributed by atoms with E-state index in [-0.39, 0.29) is 5.82 Å². The van der Waals surface area contributed by atoms with Crippen molar-refractivity contribution in [2.24, 2.45) is 0 Å². The fraction of sp³-hybridized carbons (Fsp3) is 0.231. The molecule has 2 rings (SSSR count). The van der Waals surface area contributed by atoms with E-state index in [1.54, 1.807) is 25.3 Å². The van der Waals surface area contributed by atoms with E-state index in [0.717, 1.165) is 17.2 Å². The number of allylic oxidation sites excluding steroid dienone is 4. The van der Waals surface area contributed by atoms with E-state index in [0.29, 0.717) is 22.0 Å². The molecule has 0 bridgehead atoms. The van der Waals surface area contributed by atoms with Gasteiger partial charge in [0.25, 0.3) is 0 Å². The molecule has 0 spiro atoms. The minimum Gasteiger partial charge on any atom is -0.500 e. The van der Waals surface area contributed by atoms with E-state index in [4.69, 9.17) is 16.3 Å². The summed E-state index contributed by atoms with van der Waals surface area (Å²) in [6, 6.07) is 4.88. The molecule has 0 heterocycles. The zero-order valence-corrected chi connectivity index (χ0v) is 11.6. The third-order valence-electron chi connectivity index (χ3n) is 2.67. The van der Waals surface area contributed by atoms with Crippen LogP contribution < -0.4 is 0 Å². The molecule has 90 valence electrons. The highest BCUT2D eigenvalue weighted by molar-refractivity contribution is 9.10. The quantitative estimate of drug-likeness (QED) is 0.756. The van der Waals surface area contributed by atoms with Crippen molar-refractivity contribution in [1.82, 2.24) is 0 Å². The molecule has 0 saturated carbocycles. The minimum absolute atomic E-state index is 0.286. The van der Waals surface area contributed by atoms with Crippen molar-refractivity contribution in [3.63, 3.8) is 0 Å². The Kier molecular flexibility index (Phi) is 3.89. The van der Waals surface area contributed by atoms with Crippen LogP contribution in [-0.4, -0.2) is 7.11 Å². The highest BCUT2D eigenvalue weighted by Crippen LogP contribution is 2.37. The standard InChI is InChI=1S/C13H11BrClFO/c1-17-12-6-5-8(15)7-9(12)13-10(14)3-2-4-11(13)16/h2-4,7H,5-6H2,1H3. The number of hydrogen-bond acceptors (Lipinski definition) is 1. The fourth-order valence-corrected chi connectivity index (χ4v) is 2.61. The highest BCUT2D eigenvalue weighted by atomic mass is 79.9. The van der Waals surface area contributed by atoms with Gasteiger partial charge < -0.3 is 4.74 Å². The molecular formula is C13H11BrClFO. The van der Waals surface area contributed by atoms with Crippen LogP contribution in [0.2, 0.25) is 0 Å². The normalized spacial score (nSPS) is 15.9. The first-order valence-electron chi connectivity index (χ1n) is 5.21. The molecule has 1 aromatic rings. The van der Waals surface area contributed by atoms with E-state index < -0.39 is 0 Å². The molecule has 0 aliphatic heterocycles. The molecule has 0 N–H and O–H groups in total. The second-order valence-corrected chi connectivity index (χ2v) is 5.07. The topological polar surface area (TPSA) is 9.23 Å². The first-order chi connectivity index (χ1) is 8.13. The van der Waals surface area contributed by atoms with Crippen LogP contribution in [0, 0.1) is 5.82 Å². The molecule has 0 radical (unpaired) electrons. The summed E-state index contributed by atoms with van der Waals surface area (Å²) in [5, 5.41) is 0.718. The van der Waals surface area contributed by atoms with Crippen molar-refractivity contribution in [3.8, 4) is 0 Å². The Balaban J connectivity index is 2.62. The molecule has 0 unspecified atom stereocenters. The van der Waals surface area contributed by atoms with Gasteiger partial charge in [-0.3, -0.25) is 0 Å². The molecule has 0 atom stereocenters. The zero-order chi connectivity index (χ0) is 12.4. The minimum atomic E-state index is -0.286. The maximum Gasteiger partial charge on any atom is 0.132 e. The van der Waals surface area contributed by atoms with Gasteiger partial charge in [-0.15, -0.1) is 0 Å². The Hall–Kier alpha value is -0.800. The van der Waals surface area contributed by atoms with Crippen LogP contribution in [0.3, 0.4) is 0 Å². The number of ether oxygens (including phenoxy) is 1. The summed E-state index contributed by atoms with van der Waals surface area (Å²) in [5.74, 6) is 0.478. The van der Waals surface area contributed by atoms with E-state index in [1.807, 2.05) is 0 Å². The van der Waals surface area contributed by atoms with Gasteiger partial charge in [-0.05, 0) is 24.6 Å². The summed E-state index contributed by atoms with van der Waals surface area (Å²) in [4.78, 5) is 0. The van der Waals surface area contributed by atoms with Gasteiger partial charge in [0.2, 0.25) is 0 Å². The van der Waals surface area contributed by atoms with E-state index in [9.17, 15) is 4.39 Å². The smallest absolute Gasteiger partial charge is 0.132 e. The average Bonchev–Trinajstić information content (AvgIpc) is 2.29. The summed E-state index contributed by atoms with van der Waals surface area (Å²) in [7, 11) is 1.59. The Bertz CT molecular complexity index is 488. The Morgan fingerprint density at radius 2 is 2.12 bits per heavy atom. The van der Waals surface area contributed by atoms with Gasteiger partial charge in [-0.1, -0.05) is 33.6 Å². The van der Waals surface area contributed by atoms with Crippen LogP contribution in [0.1, 0.15) is 18.4 Å². The van der Waals surface area contributed by atoms with Crippen molar-refractivity contribution in [3.05, 3.63) is 50.9 Å². The van der Waals surface area contributed by atoms with Gasteiger partial charge in [0.05, 0.1) is 7.11 Å². The largest absolute Gasteiger partial charge is 0.500 e. The van der Waals surface area contributed by atoms with Crippen LogP contribution in [0.15, 0.2) is 39.5 Å². The average molecular weight is 318 g/mol. The predicted molar refractivity (Wildman–Crippen MR) is 71.2 cm³/mol. The van der Waals surface area contributed by atoms with Gasteiger partial charge in [-0.2, -0.15) is 0 Å². The number of benzene rings is 1. The van der Waals surface area contributed by atoms with Crippen LogP contribution in [0.25, 0.3) is 5.57 Å². The zero-order valence-electron chi connectivity index (χ0n) is 9.27. The molecule has 17 heavy (non-hydrogen) atoms. The van der Waals surface area contributed by atoms with E-state index in [1.165, 1.54) is 6.07 Å².